The van der Waals surface area contributed by atoms with Crippen molar-refractivity contribution in [1.82, 2.24) is 5.32 Å². The molecule has 0 spiro atoms. The summed E-state index contributed by atoms with van der Waals surface area (Å²) in [6.45, 7) is 5.24. The zero-order valence-electron chi connectivity index (χ0n) is 9.99. The van der Waals surface area contributed by atoms with Gasteiger partial charge < -0.3 is 10.1 Å². The van der Waals surface area contributed by atoms with E-state index >= 15 is 0 Å². The number of ether oxygens (including phenoxy) is 1. The lowest BCUT2D eigenvalue weighted by atomic mass is 10.0. The molecule has 88 valence electrons. The molecule has 1 fully saturated rings. The molecular formula is C14H21NO. The van der Waals surface area contributed by atoms with Crippen molar-refractivity contribution < 1.29 is 4.74 Å². The fourth-order valence-electron chi connectivity index (χ4n) is 2.17. The summed E-state index contributed by atoms with van der Waals surface area (Å²) in [5, 5.41) is 3.50. The quantitative estimate of drug-likeness (QED) is 0.821. The van der Waals surface area contributed by atoms with Gasteiger partial charge in [0.2, 0.25) is 0 Å². The second kappa shape index (κ2) is 6.02. The molecule has 0 aromatic heterocycles. The Labute approximate surface area is 98.0 Å². The van der Waals surface area contributed by atoms with Crippen LogP contribution in [-0.2, 0) is 4.74 Å². The fraction of sp³-hybridized carbons (Fsp3) is 0.571. The maximum atomic E-state index is 5.58. The van der Waals surface area contributed by atoms with E-state index in [-0.39, 0.29) is 0 Å². The number of nitrogens with one attached hydrogen (secondary N) is 1. The molecule has 0 saturated carbocycles. The largest absolute Gasteiger partial charge is 0.377 e. The van der Waals surface area contributed by atoms with E-state index in [4.69, 9.17) is 4.74 Å². The summed E-state index contributed by atoms with van der Waals surface area (Å²) in [6.07, 6.45) is 2.88. The summed E-state index contributed by atoms with van der Waals surface area (Å²) < 4.78 is 5.58. The molecular weight excluding hydrogens is 198 g/mol. The summed E-state index contributed by atoms with van der Waals surface area (Å²) in [4.78, 5) is 0. The van der Waals surface area contributed by atoms with E-state index in [1.807, 2.05) is 0 Å². The molecule has 1 aliphatic rings. The van der Waals surface area contributed by atoms with Crippen molar-refractivity contribution in [2.45, 2.75) is 31.8 Å². The molecule has 1 aliphatic heterocycles. The molecule has 1 aromatic rings. The van der Waals surface area contributed by atoms with Crippen LogP contribution in [0.25, 0.3) is 0 Å². The van der Waals surface area contributed by atoms with Gasteiger partial charge in [-0.3, -0.25) is 0 Å². The van der Waals surface area contributed by atoms with Gasteiger partial charge in [-0.05, 0) is 24.3 Å². The van der Waals surface area contributed by atoms with Crippen LogP contribution in [0.2, 0.25) is 0 Å². The molecule has 0 radical (unpaired) electrons. The number of rotatable bonds is 5. The zero-order chi connectivity index (χ0) is 11.2. The topological polar surface area (TPSA) is 21.3 Å². The highest BCUT2D eigenvalue weighted by Gasteiger charge is 2.15. The minimum atomic E-state index is 0.447. The second-order valence-corrected chi connectivity index (χ2v) is 4.61. The molecule has 2 nitrogen and oxygen atoms in total. The predicted octanol–water partition coefficient (Wildman–Crippen LogP) is 2.56. The van der Waals surface area contributed by atoms with Crippen molar-refractivity contribution >= 4 is 0 Å². The third kappa shape index (κ3) is 3.32. The first kappa shape index (κ1) is 11.6. The van der Waals surface area contributed by atoms with E-state index < -0.39 is 0 Å². The Bertz CT molecular complexity index is 293. The van der Waals surface area contributed by atoms with Crippen molar-refractivity contribution in [3.63, 3.8) is 0 Å². The Balaban J connectivity index is 1.69. The molecule has 0 aliphatic carbocycles. The summed E-state index contributed by atoms with van der Waals surface area (Å²) in [5.74, 6) is 0.572. The van der Waals surface area contributed by atoms with E-state index in [2.05, 4.69) is 42.6 Å². The van der Waals surface area contributed by atoms with Gasteiger partial charge in [0.1, 0.15) is 0 Å². The average molecular weight is 219 g/mol. The summed E-state index contributed by atoms with van der Waals surface area (Å²) >= 11 is 0. The van der Waals surface area contributed by atoms with E-state index in [1.54, 1.807) is 0 Å². The number of hydrogen-bond acceptors (Lipinski definition) is 2. The van der Waals surface area contributed by atoms with E-state index in [0.717, 1.165) is 19.7 Å². The Kier molecular flexibility index (Phi) is 4.37. The van der Waals surface area contributed by atoms with Gasteiger partial charge in [-0.15, -0.1) is 0 Å². The van der Waals surface area contributed by atoms with Crippen LogP contribution in [0.4, 0.5) is 0 Å². The molecule has 1 heterocycles. The molecule has 0 amide bonds. The first-order valence-electron chi connectivity index (χ1n) is 6.23. The first-order chi connectivity index (χ1) is 7.86. The van der Waals surface area contributed by atoms with Crippen molar-refractivity contribution in [3.05, 3.63) is 35.9 Å². The third-order valence-corrected chi connectivity index (χ3v) is 3.22. The lowest BCUT2D eigenvalue weighted by Crippen LogP contribution is -2.29. The van der Waals surface area contributed by atoms with Crippen LogP contribution in [0.1, 0.15) is 31.2 Å². The zero-order valence-corrected chi connectivity index (χ0v) is 9.99. The highest BCUT2D eigenvalue weighted by molar-refractivity contribution is 5.18. The van der Waals surface area contributed by atoms with Crippen molar-refractivity contribution in [2.75, 3.05) is 19.7 Å². The van der Waals surface area contributed by atoms with Crippen LogP contribution in [0.15, 0.2) is 30.3 Å². The normalized spacial score (nSPS) is 22.2. The second-order valence-electron chi connectivity index (χ2n) is 4.61. The third-order valence-electron chi connectivity index (χ3n) is 3.22. The van der Waals surface area contributed by atoms with Gasteiger partial charge in [0.05, 0.1) is 6.10 Å². The van der Waals surface area contributed by atoms with Gasteiger partial charge in [-0.2, -0.15) is 0 Å². The smallest absolute Gasteiger partial charge is 0.0700 e. The standard InChI is InChI=1S/C14H21NO/c1-12(13-6-3-2-4-7-13)10-15-11-14-8-5-9-16-14/h2-4,6-7,12,14-15H,5,8-11H2,1H3/t12-,14-/m1/s1. The van der Waals surface area contributed by atoms with Crippen LogP contribution in [-0.4, -0.2) is 25.8 Å². The molecule has 2 heteroatoms. The average Bonchev–Trinajstić information content (AvgIpc) is 2.83. The maximum absolute atomic E-state index is 5.58. The van der Waals surface area contributed by atoms with Gasteiger partial charge in [0, 0.05) is 19.7 Å². The van der Waals surface area contributed by atoms with E-state index in [0.29, 0.717) is 12.0 Å². The van der Waals surface area contributed by atoms with Crippen LogP contribution in [0, 0.1) is 0 Å². The lowest BCUT2D eigenvalue weighted by Gasteiger charge is -2.15. The predicted molar refractivity (Wildman–Crippen MR) is 66.7 cm³/mol. The van der Waals surface area contributed by atoms with Crippen LogP contribution < -0.4 is 5.32 Å². The van der Waals surface area contributed by atoms with Crippen molar-refractivity contribution in [3.8, 4) is 0 Å². The van der Waals surface area contributed by atoms with Crippen LogP contribution in [0.5, 0.6) is 0 Å². The van der Waals surface area contributed by atoms with Crippen LogP contribution in [0.3, 0.4) is 0 Å². The van der Waals surface area contributed by atoms with Gasteiger partial charge in [0.15, 0.2) is 0 Å². The molecule has 16 heavy (non-hydrogen) atoms. The van der Waals surface area contributed by atoms with E-state index in [1.165, 1.54) is 18.4 Å². The van der Waals surface area contributed by atoms with Gasteiger partial charge in [-0.1, -0.05) is 37.3 Å². The number of hydrogen-bond donors (Lipinski definition) is 1. The minimum Gasteiger partial charge on any atom is -0.377 e. The Morgan fingerprint density at radius 1 is 1.38 bits per heavy atom. The van der Waals surface area contributed by atoms with Gasteiger partial charge >= 0.3 is 0 Å². The molecule has 2 rings (SSSR count). The van der Waals surface area contributed by atoms with Gasteiger partial charge in [-0.25, -0.2) is 0 Å². The summed E-state index contributed by atoms with van der Waals surface area (Å²) in [6, 6.07) is 10.7. The van der Waals surface area contributed by atoms with Crippen molar-refractivity contribution in [2.24, 2.45) is 0 Å². The summed E-state index contributed by atoms with van der Waals surface area (Å²) in [5.41, 5.74) is 1.40. The molecule has 1 saturated heterocycles. The SMILES string of the molecule is C[C@H](CNC[C@H]1CCCO1)c1ccccc1. The van der Waals surface area contributed by atoms with E-state index in [9.17, 15) is 0 Å². The number of benzene rings is 1. The molecule has 2 atom stereocenters. The summed E-state index contributed by atoms with van der Waals surface area (Å²) in [7, 11) is 0. The maximum Gasteiger partial charge on any atom is 0.0700 e. The monoisotopic (exact) mass is 219 g/mol. The first-order valence-corrected chi connectivity index (χ1v) is 6.23. The Morgan fingerprint density at radius 3 is 2.88 bits per heavy atom. The van der Waals surface area contributed by atoms with Crippen molar-refractivity contribution in [1.29, 1.82) is 0 Å². The molecule has 0 bridgehead atoms. The molecule has 1 N–H and O–H groups in total. The Hall–Kier alpha value is -0.860. The van der Waals surface area contributed by atoms with Crippen LogP contribution >= 0.6 is 0 Å². The fourth-order valence-corrected chi connectivity index (χ4v) is 2.17. The highest BCUT2D eigenvalue weighted by Crippen LogP contribution is 2.14. The minimum absolute atomic E-state index is 0.447. The molecule has 1 aromatic carbocycles. The Morgan fingerprint density at radius 2 is 2.19 bits per heavy atom. The van der Waals surface area contributed by atoms with Gasteiger partial charge in [0.25, 0.3) is 0 Å². The highest BCUT2D eigenvalue weighted by atomic mass is 16.5. The molecule has 0 unspecified atom stereocenters. The lowest BCUT2D eigenvalue weighted by molar-refractivity contribution is 0.110.